The van der Waals surface area contributed by atoms with E-state index in [0.29, 0.717) is 41.4 Å². The van der Waals surface area contributed by atoms with Crippen molar-refractivity contribution < 1.29 is 4.74 Å². The van der Waals surface area contributed by atoms with Crippen LogP contribution >= 0.6 is 11.6 Å². The predicted octanol–water partition coefficient (Wildman–Crippen LogP) is 5.05. The molecule has 3 rings (SSSR count). The van der Waals surface area contributed by atoms with Crippen LogP contribution in [0.1, 0.15) is 42.0 Å². The van der Waals surface area contributed by atoms with E-state index in [9.17, 15) is 0 Å². The zero-order valence-electron chi connectivity index (χ0n) is 16.4. The monoisotopic (exact) mass is 396 g/mol. The van der Waals surface area contributed by atoms with Crippen LogP contribution in [-0.2, 0) is 13.0 Å². The fourth-order valence-corrected chi connectivity index (χ4v) is 3.34. The smallest absolute Gasteiger partial charge is 0.224 e. The van der Waals surface area contributed by atoms with E-state index < -0.39 is 0 Å². The molecule has 0 saturated heterocycles. The van der Waals surface area contributed by atoms with Gasteiger partial charge in [0.1, 0.15) is 11.6 Å². The molecule has 0 saturated carbocycles. The Labute approximate surface area is 170 Å². The number of benzene rings is 2. The maximum absolute atomic E-state index is 6.34. The molecule has 1 heterocycles. The summed E-state index contributed by atoms with van der Waals surface area (Å²) in [5.74, 6) is 1.99. The van der Waals surface area contributed by atoms with Gasteiger partial charge >= 0.3 is 0 Å². The molecule has 1 aromatic heterocycles. The molecule has 2 aromatic carbocycles. The second-order valence-corrected chi connectivity index (χ2v) is 7.37. The number of hydrogen-bond acceptors (Lipinski definition) is 5. The molecule has 0 aliphatic carbocycles. The first-order valence-corrected chi connectivity index (χ1v) is 9.61. The SMILES string of the molecule is COc1cc(C(C)C)c(Cc2cnc(NCc3ccccc3)nc2N)cc1Cl. The van der Waals surface area contributed by atoms with Crippen LogP contribution < -0.4 is 15.8 Å². The predicted molar refractivity (Wildman–Crippen MR) is 115 cm³/mol. The summed E-state index contributed by atoms with van der Waals surface area (Å²) in [4.78, 5) is 8.83. The number of ether oxygens (including phenoxy) is 1. The first kappa shape index (κ1) is 20.0. The maximum atomic E-state index is 6.34. The van der Waals surface area contributed by atoms with Crippen LogP contribution in [0.3, 0.4) is 0 Å². The highest BCUT2D eigenvalue weighted by Crippen LogP contribution is 2.33. The fraction of sp³-hybridized carbons (Fsp3) is 0.273. The largest absolute Gasteiger partial charge is 0.495 e. The van der Waals surface area contributed by atoms with Crippen molar-refractivity contribution >= 4 is 23.4 Å². The van der Waals surface area contributed by atoms with Gasteiger partial charge in [0.2, 0.25) is 5.95 Å². The van der Waals surface area contributed by atoms with Crippen molar-refractivity contribution in [2.45, 2.75) is 32.7 Å². The van der Waals surface area contributed by atoms with E-state index in [1.807, 2.05) is 42.5 Å². The van der Waals surface area contributed by atoms with Gasteiger partial charge in [0, 0.05) is 24.7 Å². The average molecular weight is 397 g/mol. The third-order valence-electron chi connectivity index (χ3n) is 4.61. The minimum atomic E-state index is 0.329. The molecule has 0 amide bonds. The highest BCUT2D eigenvalue weighted by Gasteiger charge is 2.14. The van der Waals surface area contributed by atoms with Crippen molar-refractivity contribution in [1.29, 1.82) is 0 Å². The number of methoxy groups -OCH3 is 1. The summed E-state index contributed by atoms with van der Waals surface area (Å²) in [7, 11) is 1.62. The summed E-state index contributed by atoms with van der Waals surface area (Å²) >= 11 is 6.34. The molecule has 0 aliphatic rings. The number of halogens is 1. The van der Waals surface area contributed by atoms with Crippen LogP contribution in [0.4, 0.5) is 11.8 Å². The van der Waals surface area contributed by atoms with Gasteiger partial charge in [0.15, 0.2) is 0 Å². The van der Waals surface area contributed by atoms with Crippen molar-refractivity contribution in [2.75, 3.05) is 18.2 Å². The third-order valence-corrected chi connectivity index (χ3v) is 4.90. The number of nitrogen functional groups attached to an aromatic ring is 1. The Bertz CT molecular complexity index is 945. The Morgan fingerprint density at radius 1 is 1.14 bits per heavy atom. The number of anilines is 2. The van der Waals surface area contributed by atoms with Gasteiger partial charge in [-0.05, 0) is 34.7 Å². The molecule has 0 radical (unpaired) electrons. The number of nitrogens with two attached hydrogens (primary N) is 1. The van der Waals surface area contributed by atoms with Crippen molar-refractivity contribution in [3.8, 4) is 5.75 Å². The number of hydrogen-bond donors (Lipinski definition) is 2. The highest BCUT2D eigenvalue weighted by molar-refractivity contribution is 6.32. The molecule has 0 spiro atoms. The molecule has 0 fully saturated rings. The summed E-state index contributed by atoms with van der Waals surface area (Å²) in [6, 6.07) is 14.0. The number of nitrogens with zero attached hydrogens (tertiary/aromatic N) is 2. The van der Waals surface area contributed by atoms with Gasteiger partial charge in [0.05, 0.1) is 12.1 Å². The molecule has 0 atom stereocenters. The molecule has 28 heavy (non-hydrogen) atoms. The summed E-state index contributed by atoms with van der Waals surface area (Å²) in [6.07, 6.45) is 2.39. The van der Waals surface area contributed by atoms with Gasteiger partial charge in [-0.2, -0.15) is 4.98 Å². The molecular formula is C22H25ClN4O. The number of aromatic nitrogens is 2. The molecular weight excluding hydrogens is 372 g/mol. The summed E-state index contributed by atoms with van der Waals surface area (Å²) < 4.78 is 5.35. The second kappa shape index (κ2) is 8.93. The molecule has 6 heteroatoms. The van der Waals surface area contributed by atoms with Gasteiger partial charge in [-0.15, -0.1) is 0 Å². The Hall–Kier alpha value is -2.79. The minimum Gasteiger partial charge on any atom is -0.495 e. The maximum Gasteiger partial charge on any atom is 0.224 e. The van der Waals surface area contributed by atoms with Crippen LogP contribution in [0.5, 0.6) is 5.75 Å². The van der Waals surface area contributed by atoms with E-state index in [1.165, 1.54) is 5.56 Å². The summed E-state index contributed by atoms with van der Waals surface area (Å²) in [5.41, 5.74) is 10.5. The van der Waals surface area contributed by atoms with Gasteiger partial charge in [0.25, 0.3) is 0 Å². The lowest BCUT2D eigenvalue weighted by molar-refractivity contribution is 0.414. The lowest BCUT2D eigenvalue weighted by atomic mass is 9.93. The molecule has 0 unspecified atom stereocenters. The van der Waals surface area contributed by atoms with Gasteiger partial charge < -0.3 is 15.8 Å². The van der Waals surface area contributed by atoms with Gasteiger partial charge in [-0.25, -0.2) is 4.98 Å². The second-order valence-electron chi connectivity index (χ2n) is 6.96. The van der Waals surface area contributed by atoms with E-state index in [4.69, 9.17) is 22.1 Å². The zero-order valence-corrected chi connectivity index (χ0v) is 17.1. The quantitative estimate of drug-likeness (QED) is 0.584. The highest BCUT2D eigenvalue weighted by atomic mass is 35.5. The van der Waals surface area contributed by atoms with Crippen LogP contribution in [0.15, 0.2) is 48.7 Å². The molecule has 0 aliphatic heterocycles. The van der Waals surface area contributed by atoms with E-state index in [0.717, 1.165) is 16.7 Å². The molecule has 146 valence electrons. The van der Waals surface area contributed by atoms with E-state index in [-0.39, 0.29) is 0 Å². The first-order valence-electron chi connectivity index (χ1n) is 9.23. The standard InChI is InChI=1S/C22H25ClN4O/c1-14(2)18-11-20(28-3)19(23)10-16(18)9-17-13-26-22(27-21(17)24)25-12-15-7-5-4-6-8-15/h4-8,10-11,13-14H,9,12H2,1-3H3,(H3,24,25,26,27). The topological polar surface area (TPSA) is 73.1 Å². The third kappa shape index (κ3) is 4.73. The lowest BCUT2D eigenvalue weighted by Gasteiger charge is -2.16. The Balaban J connectivity index is 1.79. The summed E-state index contributed by atoms with van der Waals surface area (Å²) in [5, 5.41) is 3.79. The first-order chi connectivity index (χ1) is 13.5. The number of rotatable bonds is 7. The fourth-order valence-electron chi connectivity index (χ4n) is 3.08. The van der Waals surface area contributed by atoms with Crippen LogP contribution in [0, 0.1) is 0 Å². The Morgan fingerprint density at radius 3 is 2.54 bits per heavy atom. The Morgan fingerprint density at radius 2 is 1.89 bits per heavy atom. The average Bonchev–Trinajstić information content (AvgIpc) is 2.69. The Kier molecular flexibility index (Phi) is 6.37. The van der Waals surface area contributed by atoms with E-state index >= 15 is 0 Å². The molecule has 3 N–H and O–H groups in total. The van der Waals surface area contributed by atoms with Gasteiger partial charge in [-0.3, -0.25) is 0 Å². The van der Waals surface area contributed by atoms with Crippen molar-refractivity contribution in [3.05, 3.63) is 75.9 Å². The van der Waals surface area contributed by atoms with Gasteiger partial charge in [-0.1, -0.05) is 55.8 Å². The van der Waals surface area contributed by atoms with Crippen molar-refractivity contribution in [2.24, 2.45) is 0 Å². The zero-order chi connectivity index (χ0) is 20.1. The van der Waals surface area contributed by atoms with Crippen LogP contribution in [0.25, 0.3) is 0 Å². The number of nitrogens with one attached hydrogen (secondary N) is 1. The molecule has 3 aromatic rings. The normalized spacial score (nSPS) is 10.9. The molecule has 0 bridgehead atoms. The summed E-state index contributed by atoms with van der Waals surface area (Å²) in [6.45, 7) is 4.93. The van der Waals surface area contributed by atoms with Crippen LogP contribution in [-0.4, -0.2) is 17.1 Å². The van der Waals surface area contributed by atoms with E-state index in [2.05, 4.69) is 29.1 Å². The van der Waals surface area contributed by atoms with Crippen LogP contribution in [0.2, 0.25) is 5.02 Å². The van der Waals surface area contributed by atoms with Crippen molar-refractivity contribution in [3.63, 3.8) is 0 Å². The lowest BCUT2D eigenvalue weighted by Crippen LogP contribution is -2.08. The van der Waals surface area contributed by atoms with E-state index in [1.54, 1.807) is 13.3 Å². The minimum absolute atomic E-state index is 0.329. The van der Waals surface area contributed by atoms with Crippen molar-refractivity contribution in [1.82, 2.24) is 9.97 Å². The molecule has 5 nitrogen and oxygen atoms in total.